The van der Waals surface area contributed by atoms with Crippen LogP contribution in [0.5, 0.6) is 17.2 Å². The first-order valence-corrected chi connectivity index (χ1v) is 15.8. The number of nitrogen functional groups attached to an aromatic ring is 1. The molecule has 0 saturated carbocycles. The number of ether oxygens (including phenoxy) is 4. The van der Waals surface area contributed by atoms with E-state index >= 15 is 0 Å². The van der Waals surface area contributed by atoms with Gasteiger partial charge in [-0.2, -0.15) is 10.2 Å². The van der Waals surface area contributed by atoms with Gasteiger partial charge in [-0.1, -0.05) is 18.2 Å². The quantitative estimate of drug-likeness (QED) is 0.0651. The minimum Gasteiger partial charge on any atom is -0.494 e. The molecule has 0 bridgehead atoms. The Kier molecular flexibility index (Phi) is 16.0. The molecule has 2 heterocycles. The van der Waals surface area contributed by atoms with Crippen LogP contribution in [-0.4, -0.2) is 99.3 Å². The van der Waals surface area contributed by atoms with Crippen molar-refractivity contribution in [2.75, 3.05) is 48.3 Å². The van der Waals surface area contributed by atoms with Crippen molar-refractivity contribution in [3.63, 3.8) is 0 Å². The molecule has 0 aliphatic carbocycles. The lowest BCUT2D eigenvalue weighted by molar-refractivity contribution is -0.385. The van der Waals surface area contributed by atoms with Gasteiger partial charge in [-0.3, -0.25) is 40.1 Å². The predicted octanol–water partition coefficient (Wildman–Crippen LogP) is 4.70. The molecule has 0 atom stereocenters. The van der Waals surface area contributed by atoms with E-state index in [0.717, 1.165) is 11.4 Å². The maximum absolute atomic E-state index is 10.9. The Labute approximate surface area is 311 Å². The fourth-order valence-corrected chi connectivity index (χ4v) is 4.20. The number of hydrogen-bond acceptors (Lipinski definition) is 15. The number of nitrogens with two attached hydrogens (primary N) is 2. The van der Waals surface area contributed by atoms with Gasteiger partial charge in [-0.15, -0.1) is 0 Å². The Morgan fingerprint density at radius 2 is 1.17 bits per heavy atom. The van der Waals surface area contributed by atoms with Crippen molar-refractivity contribution in [2.24, 2.45) is 5.73 Å². The summed E-state index contributed by atoms with van der Waals surface area (Å²) in [4.78, 5) is 41.5. The van der Waals surface area contributed by atoms with E-state index in [1.807, 2.05) is 51.9 Å². The summed E-state index contributed by atoms with van der Waals surface area (Å²) < 4.78 is 20.2. The molecule has 5 aromatic rings. The van der Waals surface area contributed by atoms with Crippen LogP contribution in [0.4, 0.5) is 17.1 Å². The number of nitro groups is 2. The summed E-state index contributed by atoms with van der Waals surface area (Å²) in [5.41, 5.74) is 12.2. The average Bonchev–Trinajstić information content (AvgIpc) is 3.79. The van der Waals surface area contributed by atoms with Crippen molar-refractivity contribution in [1.29, 1.82) is 0 Å². The summed E-state index contributed by atoms with van der Waals surface area (Å²) in [6, 6.07) is 14.1. The van der Waals surface area contributed by atoms with Gasteiger partial charge in [0.15, 0.2) is 17.4 Å². The van der Waals surface area contributed by atoms with E-state index in [1.54, 1.807) is 39.3 Å². The molecule has 0 radical (unpaired) electrons. The minimum absolute atomic E-state index is 0.00157. The molecular weight excluding hydrogens is 706 g/mol. The second-order valence-corrected chi connectivity index (χ2v) is 11.6. The van der Waals surface area contributed by atoms with Crippen LogP contribution >= 0.6 is 0 Å². The van der Waals surface area contributed by atoms with Crippen molar-refractivity contribution >= 4 is 23.0 Å². The van der Waals surface area contributed by atoms with Gasteiger partial charge in [0, 0.05) is 19.2 Å². The highest BCUT2D eigenvalue weighted by Gasteiger charge is 2.22. The topological polar surface area (TPSA) is 279 Å². The van der Waals surface area contributed by atoms with Crippen LogP contribution in [-0.2, 0) is 4.74 Å². The SMILES string of the molecule is COC(C)(C)N(C)C.COc1c(-c2n[nH]c(C)n2)cccc1[N+](=O)[O-].COc1c(C(N)=O)cccc1[N+](=O)[O-].COc1c(N)cccc1-c1n[nH]c(C)n1. The Bertz CT molecular complexity index is 2000. The summed E-state index contributed by atoms with van der Waals surface area (Å²) in [7, 11) is 9.89. The van der Waals surface area contributed by atoms with Crippen LogP contribution in [0, 0.1) is 34.1 Å². The molecule has 54 heavy (non-hydrogen) atoms. The standard InChI is InChI=1S/C10H10N4O3.C10H12N4O.C8H8N2O4.C6H15NO/c1-6-11-10(13-12-6)7-4-3-5-8(14(15)16)9(7)17-2;1-6-12-10(14-13-6)7-4-3-5-8(11)9(7)15-2;1-14-7-5(8(9)11)3-2-4-6(7)10(12)13;1-6(2,8-5)7(3)4/h3-5H,1-2H3,(H,11,12,13);3-5H,11H2,1-2H3,(H,12,13,14);2-4H,1H3,(H2,9,11);1-5H3. The largest absolute Gasteiger partial charge is 0.494 e. The van der Waals surface area contributed by atoms with E-state index in [2.05, 4.69) is 30.4 Å². The maximum atomic E-state index is 10.9. The van der Waals surface area contributed by atoms with Crippen LogP contribution < -0.4 is 25.7 Å². The number of nitrogens with one attached hydrogen (secondary N) is 2. The second kappa shape index (κ2) is 19.8. The molecule has 290 valence electrons. The van der Waals surface area contributed by atoms with Crippen molar-refractivity contribution in [3.8, 4) is 40.0 Å². The summed E-state index contributed by atoms with van der Waals surface area (Å²) in [5.74, 6) is 2.27. The lowest BCUT2D eigenvalue weighted by Crippen LogP contribution is -2.39. The minimum atomic E-state index is -0.759. The van der Waals surface area contributed by atoms with Gasteiger partial charge in [0.05, 0.1) is 53.6 Å². The molecule has 20 nitrogen and oxygen atoms in total. The van der Waals surface area contributed by atoms with Crippen molar-refractivity contribution in [1.82, 2.24) is 35.3 Å². The Morgan fingerprint density at radius 3 is 1.52 bits per heavy atom. The number of carbonyl (C=O) groups excluding carboxylic acids is 1. The van der Waals surface area contributed by atoms with E-state index in [0.29, 0.717) is 34.5 Å². The monoisotopic (exact) mass is 751 g/mol. The summed E-state index contributed by atoms with van der Waals surface area (Å²) in [5, 5.41) is 34.9. The number of aryl methyl sites for hydroxylation is 2. The van der Waals surface area contributed by atoms with Gasteiger partial charge in [-0.05, 0) is 66.1 Å². The van der Waals surface area contributed by atoms with E-state index in [-0.39, 0.29) is 34.2 Å². The van der Waals surface area contributed by atoms with Crippen LogP contribution in [0.25, 0.3) is 22.8 Å². The molecule has 5 rings (SSSR count). The number of aromatic amines is 2. The molecular formula is C34H45N11O9. The number of para-hydroxylation sites is 3. The zero-order valence-electron chi connectivity index (χ0n) is 31.7. The number of carbonyl (C=O) groups is 1. The fourth-order valence-electron chi connectivity index (χ4n) is 4.20. The Balaban J connectivity index is 0.000000256. The predicted molar refractivity (Wildman–Crippen MR) is 200 cm³/mol. The fraction of sp³-hybridized carbons (Fsp3) is 0.324. The highest BCUT2D eigenvalue weighted by molar-refractivity contribution is 5.97. The number of methoxy groups -OCH3 is 4. The number of hydrogen-bond donors (Lipinski definition) is 4. The number of nitrogens with zero attached hydrogens (tertiary/aromatic N) is 7. The third-order valence-electron chi connectivity index (χ3n) is 7.56. The Morgan fingerprint density at radius 1 is 0.741 bits per heavy atom. The molecule has 3 aromatic carbocycles. The van der Waals surface area contributed by atoms with Crippen LogP contribution in [0.3, 0.4) is 0 Å². The zero-order chi connectivity index (χ0) is 40.7. The lowest BCUT2D eigenvalue weighted by Gasteiger charge is -2.30. The number of amides is 1. The second-order valence-electron chi connectivity index (χ2n) is 11.6. The number of nitro benzene ring substituents is 2. The zero-order valence-corrected chi connectivity index (χ0v) is 31.7. The number of anilines is 1. The van der Waals surface area contributed by atoms with Gasteiger partial charge >= 0.3 is 11.4 Å². The summed E-state index contributed by atoms with van der Waals surface area (Å²) >= 11 is 0. The van der Waals surface area contributed by atoms with Crippen molar-refractivity contribution in [3.05, 3.63) is 92.0 Å². The molecule has 1 amide bonds. The third kappa shape index (κ3) is 11.4. The summed E-state index contributed by atoms with van der Waals surface area (Å²) in [6.07, 6.45) is 0. The normalized spacial score (nSPS) is 10.4. The highest BCUT2D eigenvalue weighted by Crippen LogP contribution is 2.36. The number of primary amides is 1. The van der Waals surface area contributed by atoms with Crippen molar-refractivity contribution in [2.45, 2.75) is 33.4 Å². The molecule has 6 N–H and O–H groups in total. The van der Waals surface area contributed by atoms with Crippen molar-refractivity contribution < 1.29 is 33.6 Å². The third-order valence-corrected chi connectivity index (χ3v) is 7.56. The smallest absolute Gasteiger partial charge is 0.311 e. The molecule has 0 fully saturated rings. The maximum Gasteiger partial charge on any atom is 0.311 e. The first-order valence-electron chi connectivity index (χ1n) is 15.8. The molecule has 0 aliphatic rings. The van der Waals surface area contributed by atoms with Crippen LogP contribution in [0.1, 0.15) is 35.9 Å². The highest BCUT2D eigenvalue weighted by atomic mass is 16.6. The molecule has 2 aromatic heterocycles. The molecule has 20 heteroatoms. The van der Waals surface area contributed by atoms with Crippen LogP contribution in [0.2, 0.25) is 0 Å². The molecule has 0 saturated heterocycles. The first kappa shape index (κ1) is 43.5. The number of benzene rings is 3. The molecule has 0 spiro atoms. The molecule has 0 unspecified atom stereocenters. The molecule has 0 aliphatic heterocycles. The van der Waals surface area contributed by atoms with Gasteiger partial charge in [0.1, 0.15) is 17.4 Å². The number of aromatic nitrogens is 6. The van der Waals surface area contributed by atoms with Crippen LogP contribution in [0.15, 0.2) is 54.6 Å². The lowest BCUT2D eigenvalue weighted by atomic mass is 10.1. The Hall–Kier alpha value is -6.67. The summed E-state index contributed by atoms with van der Waals surface area (Å²) in [6.45, 7) is 7.63. The van der Waals surface area contributed by atoms with E-state index in [1.165, 1.54) is 38.5 Å². The van der Waals surface area contributed by atoms with Gasteiger partial charge in [0.2, 0.25) is 11.5 Å². The van der Waals surface area contributed by atoms with Gasteiger partial charge < -0.3 is 30.4 Å². The average molecular weight is 752 g/mol. The van der Waals surface area contributed by atoms with E-state index in [9.17, 15) is 25.0 Å². The van der Waals surface area contributed by atoms with E-state index < -0.39 is 15.8 Å². The van der Waals surface area contributed by atoms with Gasteiger partial charge in [0.25, 0.3) is 5.91 Å². The van der Waals surface area contributed by atoms with E-state index in [4.69, 9.17) is 30.4 Å². The number of rotatable bonds is 10. The number of H-pyrrole nitrogens is 2. The first-order chi connectivity index (χ1) is 25.4. The van der Waals surface area contributed by atoms with Gasteiger partial charge in [-0.25, -0.2) is 9.97 Å².